The number of rotatable bonds is 5. The molecule has 0 amide bonds. The molecule has 0 aromatic heterocycles. The quantitative estimate of drug-likeness (QED) is 0.388. The lowest BCUT2D eigenvalue weighted by molar-refractivity contribution is -0.154. The summed E-state index contributed by atoms with van der Waals surface area (Å²) < 4.78 is 5.74. The number of carbonyl (C=O) groups excluding carboxylic acids is 2. The molecule has 0 aliphatic carbocycles. The number of esters is 1. The molecule has 1 heterocycles. The highest BCUT2D eigenvalue weighted by atomic mass is 16.5. The molecule has 0 N–H and O–H groups in total. The van der Waals surface area contributed by atoms with E-state index in [9.17, 15) is 9.59 Å². The van der Waals surface area contributed by atoms with Crippen LogP contribution >= 0.6 is 0 Å². The van der Waals surface area contributed by atoms with Crippen LogP contribution in [0.4, 0.5) is 0 Å². The Morgan fingerprint density at radius 3 is 2.34 bits per heavy atom. The van der Waals surface area contributed by atoms with Crippen molar-refractivity contribution in [3.05, 3.63) is 35.9 Å². The van der Waals surface area contributed by atoms with Crippen molar-refractivity contribution in [2.75, 3.05) is 39.8 Å². The number of hydrogen-bond acceptors (Lipinski definition) is 5. The summed E-state index contributed by atoms with van der Waals surface area (Å²) >= 11 is 0. The molecule has 2 rings (SSSR count). The number of nitrogens with zero attached hydrogens (tertiary/aromatic N) is 2. The van der Waals surface area contributed by atoms with Gasteiger partial charge < -0.3 is 9.64 Å². The lowest BCUT2D eigenvalue weighted by Crippen LogP contribution is -2.35. The summed E-state index contributed by atoms with van der Waals surface area (Å²) in [6, 6.07) is 10.5. The first-order valence-corrected chi connectivity index (χ1v) is 14.0. The van der Waals surface area contributed by atoms with Gasteiger partial charge in [0.2, 0.25) is 0 Å². The van der Waals surface area contributed by atoms with Gasteiger partial charge in [-0.3, -0.25) is 14.5 Å². The lowest BCUT2D eigenvalue weighted by atomic mass is 9.81. The molecule has 0 saturated carbocycles. The molecule has 35 heavy (non-hydrogen) atoms. The van der Waals surface area contributed by atoms with Crippen LogP contribution in [-0.4, -0.2) is 61.4 Å². The number of hydrogen-bond donors (Lipinski definition) is 0. The minimum atomic E-state index is -0.623. The highest BCUT2D eigenvalue weighted by Crippen LogP contribution is 2.27. The standard InChI is InChI=1S/C30H50N2O3/c1-6-13-28-29(33)27(7-2)21-24(3)20-25(4)22-31(5)16-11-12-17-32(18-19-35-30(28)34)23-26-14-9-8-10-15-26/h8-10,14-15,24-25,27-28H,6-7,11-13,16-23H2,1-5H3/t24-,25-,27-,28?/m1/s1. The Morgan fingerprint density at radius 2 is 1.66 bits per heavy atom. The van der Waals surface area contributed by atoms with E-state index in [1.165, 1.54) is 5.56 Å². The number of Topliss-reactive ketones (excluding diaryl/α,β-unsaturated/α-hetero) is 1. The van der Waals surface area contributed by atoms with Gasteiger partial charge in [-0.15, -0.1) is 0 Å². The van der Waals surface area contributed by atoms with Crippen LogP contribution in [0.2, 0.25) is 0 Å². The molecule has 198 valence electrons. The highest BCUT2D eigenvalue weighted by Gasteiger charge is 2.33. The van der Waals surface area contributed by atoms with E-state index < -0.39 is 5.92 Å². The molecule has 1 aliphatic rings. The fraction of sp³-hybridized carbons (Fsp3) is 0.733. The first-order chi connectivity index (χ1) is 16.8. The summed E-state index contributed by atoms with van der Waals surface area (Å²) in [6.07, 6.45) is 6.43. The van der Waals surface area contributed by atoms with Gasteiger partial charge in [-0.1, -0.05) is 64.4 Å². The molecule has 1 aromatic carbocycles. The van der Waals surface area contributed by atoms with Gasteiger partial charge in [0.15, 0.2) is 0 Å². The largest absolute Gasteiger partial charge is 0.464 e. The maximum Gasteiger partial charge on any atom is 0.316 e. The van der Waals surface area contributed by atoms with Crippen molar-refractivity contribution >= 4 is 11.8 Å². The van der Waals surface area contributed by atoms with Crippen molar-refractivity contribution in [3.8, 4) is 0 Å². The third-order valence-electron chi connectivity index (χ3n) is 7.38. The summed E-state index contributed by atoms with van der Waals surface area (Å²) in [5, 5.41) is 0. The molecule has 1 aliphatic heterocycles. The molecule has 0 spiro atoms. The van der Waals surface area contributed by atoms with E-state index in [0.717, 1.165) is 64.7 Å². The molecular formula is C30H50N2O3. The third kappa shape index (κ3) is 10.8. The highest BCUT2D eigenvalue weighted by molar-refractivity contribution is 6.00. The van der Waals surface area contributed by atoms with E-state index in [0.29, 0.717) is 31.4 Å². The average molecular weight is 487 g/mol. The number of carbonyl (C=O) groups is 2. The predicted octanol–water partition coefficient (Wildman–Crippen LogP) is 5.82. The zero-order valence-corrected chi connectivity index (χ0v) is 23.0. The van der Waals surface area contributed by atoms with E-state index in [-0.39, 0.29) is 17.7 Å². The minimum absolute atomic E-state index is 0.0625. The van der Waals surface area contributed by atoms with Crippen molar-refractivity contribution in [2.45, 2.75) is 79.2 Å². The first-order valence-electron chi connectivity index (χ1n) is 14.0. The Labute approximate surface area is 214 Å². The number of ether oxygens (including phenoxy) is 1. The second-order valence-electron chi connectivity index (χ2n) is 10.9. The molecule has 5 nitrogen and oxygen atoms in total. The lowest BCUT2D eigenvalue weighted by Gasteiger charge is -2.28. The van der Waals surface area contributed by atoms with Gasteiger partial charge in [0, 0.05) is 25.6 Å². The van der Waals surface area contributed by atoms with Crippen molar-refractivity contribution < 1.29 is 14.3 Å². The Bertz CT molecular complexity index is 738. The number of ketones is 1. The maximum atomic E-state index is 13.4. The van der Waals surface area contributed by atoms with E-state index >= 15 is 0 Å². The fourth-order valence-electron chi connectivity index (χ4n) is 5.60. The molecule has 0 radical (unpaired) electrons. The van der Waals surface area contributed by atoms with Gasteiger partial charge in [-0.05, 0) is 76.1 Å². The molecule has 4 atom stereocenters. The van der Waals surface area contributed by atoms with Crippen molar-refractivity contribution in [2.24, 2.45) is 23.7 Å². The van der Waals surface area contributed by atoms with Crippen molar-refractivity contribution in [1.82, 2.24) is 9.80 Å². The molecule has 1 saturated heterocycles. The first kappa shape index (κ1) is 29.5. The van der Waals surface area contributed by atoms with Crippen LogP contribution in [0.5, 0.6) is 0 Å². The Morgan fingerprint density at radius 1 is 0.943 bits per heavy atom. The zero-order valence-electron chi connectivity index (χ0n) is 23.0. The van der Waals surface area contributed by atoms with Gasteiger partial charge in [0.05, 0.1) is 0 Å². The van der Waals surface area contributed by atoms with Gasteiger partial charge >= 0.3 is 5.97 Å². The van der Waals surface area contributed by atoms with E-state index in [4.69, 9.17) is 4.74 Å². The SMILES string of the molecule is CCCC1C(=O)OCCN(Cc2ccccc2)CCCCN(C)C[C@H](C)C[C@@H](C)C[C@@H](CC)C1=O. The van der Waals surface area contributed by atoms with E-state index in [2.05, 4.69) is 61.9 Å². The number of cyclic esters (lactones) is 1. The summed E-state index contributed by atoms with van der Waals surface area (Å²) in [5.74, 6) is 0.148. The second-order valence-corrected chi connectivity index (χ2v) is 10.9. The number of benzene rings is 1. The predicted molar refractivity (Wildman–Crippen MR) is 144 cm³/mol. The Hall–Kier alpha value is -1.72. The molecule has 5 heteroatoms. The van der Waals surface area contributed by atoms with Gasteiger partial charge in [-0.2, -0.15) is 0 Å². The van der Waals surface area contributed by atoms with Crippen LogP contribution < -0.4 is 0 Å². The smallest absolute Gasteiger partial charge is 0.316 e. The van der Waals surface area contributed by atoms with Crippen LogP contribution in [0.3, 0.4) is 0 Å². The third-order valence-corrected chi connectivity index (χ3v) is 7.38. The fourth-order valence-corrected chi connectivity index (χ4v) is 5.60. The monoisotopic (exact) mass is 486 g/mol. The Kier molecular flexibility index (Phi) is 13.6. The van der Waals surface area contributed by atoms with Crippen LogP contribution in [0.15, 0.2) is 30.3 Å². The summed E-state index contributed by atoms with van der Waals surface area (Å²) in [4.78, 5) is 31.3. The van der Waals surface area contributed by atoms with Crippen LogP contribution in [-0.2, 0) is 20.9 Å². The normalized spacial score (nSPS) is 27.7. The van der Waals surface area contributed by atoms with Gasteiger partial charge in [0.1, 0.15) is 18.3 Å². The average Bonchev–Trinajstić information content (AvgIpc) is 2.82. The summed E-state index contributed by atoms with van der Waals surface area (Å²) in [5.41, 5.74) is 1.27. The topological polar surface area (TPSA) is 49.9 Å². The molecule has 0 bridgehead atoms. The van der Waals surface area contributed by atoms with E-state index in [1.807, 2.05) is 13.0 Å². The Balaban J connectivity index is 2.14. The van der Waals surface area contributed by atoms with Crippen molar-refractivity contribution in [3.63, 3.8) is 0 Å². The zero-order chi connectivity index (χ0) is 25.6. The van der Waals surface area contributed by atoms with Crippen LogP contribution in [0.1, 0.15) is 78.2 Å². The van der Waals surface area contributed by atoms with E-state index in [1.54, 1.807) is 0 Å². The maximum absolute atomic E-state index is 13.4. The van der Waals surface area contributed by atoms with Gasteiger partial charge in [0.25, 0.3) is 0 Å². The minimum Gasteiger partial charge on any atom is -0.464 e. The molecule has 1 aromatic rings. The van der Waals surface area contributed by atoms with Crippen LogP contribution in [0.25, 0.3) is 0 Å². The molecule has 1 unspecified atom stereocenters. The van der Waals surface area contributed by atoms with Gasteiger partial charge in [-0.25, -0.2) is 0 Å². The molecular weight excluding hydrogens is 436 g/mol. The second kappa shape index (κ2) is 16.1. The summed E-state index contributed by atoms with van der Waals surface area (Å²) in [6.45, 7) is 13.7. The summed E-state index contributed by atoms with van der Waals surface area (Å²) in [7, 11) is 2.23. The molecule has 1 fully saturated rings. The van der Waals surface area contributed by atoms with Crippen LogP contribution in [0, 0.1) is 23.7 Å². The van der Waals surface area contributed by atoms with Crippen molar-refractivity contribution in [1.29, 1.82) is 0 Å².